The molecule has 13 heteroatoms. The number of hydrogen-bond donors (Lipinski definition) is 0. The molecule has 0 atom stereocenters. The van der Waals surface area contributed by atoms with Crippen LogP contribution in [0.25, 0.3) is 0 Å². The molecular weight excluding hydrogens is 1350 g/mol. The standard InChI is InChI=1S/C15H20N2.C10H18N2.C8H12N.C8H11N.C7H11N2.3C7H9N.2W/c1-12-7-5-8-13(2)16(12)11-17-14(3)9-6-10-15(17)4;1-7-8(2)12(6)10(4)9(3)11(7)5;2*1-7-5-4-6-8(2)9(7)3;1-6-4-7(2)9(3)8-5-6;3*1-7-5-3-4-6-8(7)2;;/h5-10H,11H2,1-4H3;1-6H3;4-6H,1-3H3;2*4-5H,1-3H3;3*3-5H,1-2H3;;/q2*+2;+1;;+1;;;;2*+2. The van der Waals surface area contributed by atoms with Gasteiger partial charge in [-0.15, -0.1) is 51.6 Å². The first-order valence-corrected chi connectivity index (χ1v) is 27.4. The van der Waals surface area contributed by atoms with E-state index in [-0.39, 0.29) is 42.1 Å². The Morgan fingerprint density at radius 3 is 0.878 bits per heavy atom. The fourth-order valence-electron chi connectivity index (χ4n) is 7.61. The molecule has 0 aliphatic carbocycles. The summed E-state index contributed by atoms with van der Waals surface area (Å²) in [7, 11) is 16.2. The van der Waals surface area contributed by atoms with Crippen LogP contribution in [0.3, 0.4) is 0 Å². The zero-order valence-corrected chi connectivity index (χ0v) is 60.5. The zero-order valence-electron chi connectivity index (χ0n) is 54.6. The van der Waals surface area contributed by atoms with E-state index in [0.29, 0.717) is 0 Å². The molecule has 0 fully saturated rings. The van der Waals surface area contributed by atoms with Gasteiger partial charge >= 0.3 is 48.8 Å². The van der Waals surface area contributed by atoms with Gasteiger partial charge in [0.25, 0.3) is 0 Å². The number of rotatable bonds is 2. The van der Waals surface area contributed by atoms with Crippen LogP contribution in [0.1, 0.15) is 96.7 Å². The third kappa shape index (κ3) is 25.4. The van der Waals surface area contributed by atoms with Crippen LogP contribution < -0.4 is 45.8 Å². The molecule has 11 nitrogen and oxygen atoms in total. The molecule has 0 N–H and O–H groups in total. The Bertz CT molecular complexity index is 2940. The summed E-state index contributed by atoms with van der Waals surface area (Å²) in [5.74, 6) is 0. The SMILES string of the molecule is Cc1[c-]ccc(C)[n+]1C.Cc1c(C)[n+](C)c(C)c(C)[n+]1C.Cc1ccc[c-][n+]1C.Cc1ccc[c-][n+]1C.Cc1ccc[c-][n+]1C.Cc1cccc(C)[n+]1C.Cc1cccc(C)[n+]1C[n+]1c(C)cccc1C.Cc1cn[n+](C)c(C)c1.[W+2].[W+2]. The molecule has 9 heterocycles. The van der Waals surface area contributed by atoms with Gasteiger partial charge in [-0.2, -0.15) is 33.4 Å². The van der Waals surface area contributed by atoms with E-state index in [2.05, 4.69) is 254 Å². The van der Waals surface area contributed by atoms with E-state index in [9.17, 15) is 0 Å². The van der Waals surface area contributed by atoms with Gasteiger partial charge in [0.1, 0.15) is 67.9 Å². The third-order valence-electron chi connectivity index (χ3n) is 14.9. The average molecular weight is 1450 g/mol. The Hall–Kier alpha value is -6.41. The Balaban J connectivity index is 0.000000925. The van der Waals surface area contributed by atoms with Gasteiger partial charge in [0.05, 0.1) is 34.7 Å². The van der Waals surface area contributed by atoms with E-state index in [4.69, 9.17) is 0 Å². The van der Waals surface area contributed by atoms with E-state index >= 15 is 0 Å². The summed E-state index contributed by atoms with van der Waals surface area (Å²) in [6.45, 7) is 36.7. The van der Waals surface area contributed by atoms with Crippen molar-refractivity contribution in [2.75, 3.05) is 0 Å². The van der Waals surface area contributed by atoms with Crippen LogP contribution in [-0.4, -0.2) is 5.10 Å². The molecule has 0 saturated carbocycles. The second-order valence-electron chi connectivity index (χ2n) is 20.6. The molecular formula is C69H99N11W2+10. The molecule has 0 aromatic carbocycles. The molecule has 0 radical (unpaired) electrons. The van der Waals surface area contributed by atoms with Gasteiger partial charge in [-0.25, -0.2) is 15.2 Å². The van der Waals surface area contributed by atoms with Gasteiger partial charge < -0.3 is 13.7 Å². The van der Waals surface area contributed by atoms with Crippen molar-refractivity contribution in [3.05, 3.63) is 255 Å². The van der Waals surface area contributed by atoms with E-state index in [1.165, 1.54) is 96.7 Å². The van der Waals surface area contributed by atoms with Gasteiger partial charge in [-0.05, 0) is 56.6 Å². The number of aromatic nitrogens is 11. The molecule has 0 aliphatic heterocycles. The van der Waals surface area contributed by atoms with E-state index in [0.717, 1.165) is 6.67 Å². The summed E-state index contributed by atoms with van der Waals surface area (Å²) < 4.78 is 21.2. The molecule has 0 spiro atoms. The van der Waals surface area contributed by atoms with Gasteiger partial charge in [-0.1, -0.05) is 4.68 Å². The minimum atomic E-state index is 0. The molecule has 0 unspecified atom stereocenters. The van der Waals surface area contributed by atoms with Crippen LogP contribution >= 0.6 is 0 Å². The van der Waals surface area contributed by atoms with Crippen LogP contribution in [0, 0.1) is 142 Å². The van der Waals surface area contributed by atoms with Crippen molar-refractivity contribution >= 4 is 0 Å². The second-order valence-corrected chi connectivity index (χ2v) is 20.6. The van der Waals surface area contributed by atoms with Crippen molar-refractivity contribution in [2.45, 2.75) is 124 Å². The maximum Gasteiger partial charge on any atom is 2.00 e. The molecule has 9 aromatic rings. The first-order valence-electron chi connectivity index (χ1n) is 27.4. The third-order valence-corrected chi connectivity index (χ3v) is 14.9. The van der Waals surface area contributed by atoms with Crippen LogP contribution in [0.15, 0.2) is 134 Å². The van der Waals surface area contributed by atoms with Gasteiger partial charge in [-0.3, -0.25) is 0 Å². The largest absolute Gasteiger partial charge is 2.00 e. The Morgan fingerprint density at radius 2 is 0.634 bits per heavy atom. The maximum atomic E-state index is 4.09. The van der Waals surface area contributed by atoms with Crippen LogP contribution in [0.2, 0.25) is 0 Å². The molecule has 0 bridgehead atoms. The average Bonchev–Trinajstić information content (AvgIpc) is 3.45. The van der Waals surface area contributed by atoms with E-state index in [1.54, 1.807) is 0 Å². The number of hydrogen-bond acceptors (Lipinski definition) is 1. The smallest absolute Gasteiger partial charge is 0.311 e. The molecule has 9 rings (SSSR count). The van der Waals surface area contributed by atoms with Crippen molar-refractivity contribution in [1.29, 1.82) is 0 Å². The van der Waals surface area contributed by atoms with Crippen LogP contribution in [-0.2, 0) is 105 Å². The van der Waals surface area contributed by atoms with Crippen molar-refractivity contribution < 1.29 is 87.9 Å². The minimum Gasteiger partial charge on any atom is -0.311 e. The molecule has 432 valence electrons. The summed E-state index contributed by atoms with van der Waals surface area (Å²) >= 11 is 0. The Labute approximate surface area is 525 Å². The summed E-state index contributed by atoms with van der Waals surface area (Å²) in [4.78, 5) is 0. The summed E-state index contributed by atoms with van der Waals surface area (Å²) in [6.07, 6.45) is 10.9. The van der Waals surface area contributed by atoms with Gasteiger partial charge in [0.15, 0.2) is 41.2 Å². The number of pyridine rings is 7. The van der Waals surface area contributed by atoms with E-state index < -0.39 is 0 Å². The van der Waals surface area contributed by atoms with Crippen LogP contribution in [0.4, 0.5) is 0 Å². The summed E-state index contributed by atoms with van der Waals surface area (Å²) in [5, 5.41) is 4.09. The normalized spacial score (nSPS) is 9.62. The first kappa shape index (κ1) is 75.6. The van der Waals surface area contributed by atoms with Crippen molar-refractivity contribution in [2.24, 2.45) is 56.4 Å². The zero-order chi connectivity index (χ0) is 60.4. The fraction of sp³-hybridized carbons (Fsp3) is 0.377. The number of nitrogens with zero attached hydrogens (tertiary/aromatic N) is 11. The Kier molecular flexibility index (Phi) is 35.4. The summed E-state index contributed by atoms with van der Waals surface area (Å²) in [6, 6.07) is 46.1. The summed E-state index contributed by atoms with van der Waals surface area (Å²) in [5.41, 5.74) is 21.6. The van der Waals surface area contributed by atoms with Gasteiger partial charge in [0.2, 0.25) is 28.5 Å². The minimum absolute atomic E-state index is 0. The topological polar surface area (TPSA) is 51.7 Å². The Morgan fingerprint density at radius 1 is 0.329 bits per heavy atom. The first-order chi connectivity index (χ1) is 37.6. The molecule has 9 aromatic heterocycles. The van der Waals surface area contributed by atoms with Crippen molar-refractivity contribution in [1.82, 2.24) is 5.10 Å². The second kappa shape index (κ2) is 38.4. The molecule has 0 amide bonds. The monoisotopic (exact) mass is 1450 g/mol. The quantitative estimate of drug-likeness (QED) is 0.136. The van der Waals surface area contributed by atoms with Crippen molar-refractivity contribution in [3.63, 3.8) is 0 Å². The fourth-order valence-corrected chi connectivity index (χ4v) is 7.61. The predicted molar refractivity (Wildman–Crippen MR) is 317 cm³/mol. The molecule has 0 saturated heterocycles. The molecule has 82 heavy (non-hydrogen) atoms. The number of aryl methyl sites for hydroxylation is 17. The maximum absolute atomic E-state index is 4.09. The van der Waals surface area contributed by atoms with E-state index in [1.807, 2.05) is 129 Å². The van der Waals surface area contributed by atoms with Gasteiger partial charge in [0, 0.05) is 132 Å². The predicted octanol–water partition coefficient (Wildman–Crippen LogP) is 7.00. The van der Waals surface area contributed by atoms with Crippen molar-refractivity contribution in [3.8, 4) is 0 Å². The molecule has 0 aliphatic rings. The van der Waals surface area contributed by atoms with Crippen LogP contribution in [0.5, 0.6) is 0 Å².